The Morgan fingerprint density at radius 3 is 2.71 bits per heavy atom. The van der Waals surface area contributed by atoms with Gasteiger partial charge in [0.05, 0.1) is 17.9 Å². The summed E-state index contributed by atoms with van der Waals surface area (Å²) in [4.78, 5) is 14.2. The van der Waals surface area contributed by atoms with Crippen LogP contribution in [0.4, 0.5) is 11.4 Å². The van der Waals surface area contributed by atoms with Gasteiger partial charge in [-0.1, -0.05) is 25.5 Å². The Balaban J connectivity index is 1.89. The number of rotatable bonds is 7. The van der Waals surface area contributed by atoms with Crippen molar-refractivity contribution < 1.29 is 4.79 Å². The predicted octanol–water partition coefficient (Wildman–Crippen LogP) is 3.01. The van der Waals surface area contributed by atoms with Crippen molar-refractivity contribution in [1.82, 2.24) is 5.32 Å². The molecule has 0 bridgehead atoms. The Morgan fingerprint density at radius 1 is 1.19 bits per heavy atom. The van der Waals surface area contributed by atoms with E-state index in [0.29, 0.717) is 6.54 Å². The highest BCUT2D eigenvalue weighted by atomic mass is 16.1. The first-order valence-electron chi connectivity index (χ1n) is 8.16. The van der Waals surface area contributed by atoms with E-state index in [2.05, 4.69) is 40.7 Å². The van der Waals surface area contributed by atoms with Crippen LogP contribution in [-0.2, 0) is 4.79 Å². The molecule has 0 radical (unpaired) electrons. The van der Waals surface area contributed by atoms with Gasteiger partial charge in [-0.2, -0.15) is 0 Å². The van der Waals surface area contributed by atoms with E-state index >= 15 is 0 Å². The van der Waals surface area contributed by atoms with Gasteiger partial charge in [0, 0.05) is 19.6 Å². The van der Waals surface area contributed by atoms with Crippen LogP contribution in [0, 0.1) is 0 Å². The van der Waals surface area contributed by atoms with Crippen LogP contribution in [0.2, 0.25) is 0 Å². The number of hydrogen-bond acceptors (Lipinski definition) is 3. The number of piperidine rings is 1. The molecule has 1 aromatic rings. The molecule has 1 heterocycles. The Kier molecular flexibility index (Phi) is 6.38. The number of para-hydroxylation sites is 2. The second-order valence-corrected chi connectivity index (χ2v) is 5.62. The molecular formula is C17H27N3O. The normalized spacial score (nSPS) is 14.8. The smallest absolute Gasteiger partial charge is 0.239 e. The molecule has 1 saturated heterocycles. The molecule has 0 atom stereocenters. The lowest BCUT2D eigenvalue weighted by Gasteiger charge is -2.30. The van der Waals surface area contributed by atoms with Crippen molar-refractivity contribution in [2.45, 2.75) is 39.0 Å². The summed E-state index contributed by atoms with van der Waals surface area (Å²) in [6.45, 7) is 5.46. The number of nitrogens with one attached hydrogen (secondary N) is 2. The second kappa shape index (κ2) is 8.55. The first-order valence-corrected chi connectivity index (χ1v) is 8.16. The minimum atomic E-state index is 0.0666. The van der Waals surface area contributed by atoms with Gasteiger partial charge in [0.15, 0.2) is 0 Å². The lowest BCUT2D eigenvalue weighted by atomic mass is 10.1. The summed E-state index contributed by atoms with van der Waals surface area (Å²) in [7, 11) is 0. The first kappa shape index (κ1) is 15.7. The van der Waals surface area contributed by atoms with Crippen LogP contribution in [0.3, 0.4) is 0 Å². The molecule has 2 N–H and O–H groups in total. The largest absolute Gasteiger partial charge is 0.374 e. The second-order valence-electron chi connectivity index (χ2n) is 5.62. The Labute approximate surface area is 127 Å². The lowest BCUT2D eigenvalue weighted by Crippen LogP contribution is -2.32. The van der Waals surface area contributed by atoms with Crippen molar-refractivity contribution in [1.29, 1.82) is 0 Å². The third kappa shape index (κ3) is 4.96. The highest BCUT2D eigenvalue weighted by Crippen LogP contribution is 2.27. The number of carbonyl (C=O) groups excluding carboxylic acids is 1. The van der Waals surface area contributed by atoms with Crippen molar-refractivity contribution in [3.63, 3.8) is 0 Å². The molecule has 1 aliphatic heterocycles. The van der Waals surface area contributed by atoms with Gasteiger partial charge in [0.25, 0.3) is 0 Å². The van der Waals surface area contributed by atoms with Crippen molar-refractivity contribution in [2.75, 3.05) is 36.4 Å². The fourth-order valence-electron chi connectivity index (χ4n) is 2.68. The van der Waals surface area contributed by atoms with Gasteiger partial charge in [0.2, 0.25) is 5.91 Å². The Bertz CT molecular complexity index is 441. The highest BCUT2D eigenvalue weighted by molar-refractivity contribution is 5.82. The summed E-state index contributed by atoms with van der Waals surface area (Å²) >= 11 is 0. The summed E-state index contributed by atoms with van der Waals surface area (Å²) in [5, 5.41) is 6.22. The molecule has 0 aromatic heterocycles. The topological polar surface area (TPSA) is 44.4 Å². The van der Waals surface area contributed by atoms with Crippen LogP contribution in [0.15, 0.2) is 24.3 Å². The number of unbranched alkanes of at least 4 members (excludes halogenated alkanes) is 1. The van der Waals surface area contributed by atoms with Crippen LogP contribution in [0.1, 0.15) is 39.0 Å². The summed E-state index contributed by atoms with van der Waals surface area (Å²) in [5.41, 5.74) is 2.28. The highest BCUT2D eigenvalue weighted by Gasteiger charge is 2.14. The minimum Gasteiger partial charge on any atom is -0.374 e. The summed E-state index contributed by atoms with van der Waals surface area (Å²) < 4.78 is 0. The van der Waals surface area contributed by atoms with Crippen molar-refractivity contribution in [2.24, 2.45) is 0 Å². The van der Waals surface area contributed by atoms with Gasteiger partial charge >= 0.3 is 0 Å². The standard InChI is InChI=1S/C17H27N3O/c1-2-3-11-18-17(21)14-19-15-9-5-6-10-16(15)20-12-7-4-8-13-20/h5-6,9-10,19H,2-4,7-8,11-14H2,1H3,(H,18,21). The Morgan fingerprint density at radius 2 is 1.95 bits per heavy atom. The molecule has 0 saturated carbocycles. The first-order chi connectivity index (χ1) is 10.3. The quantitative estimate of drug-likeness (QED) is 0.758. The molecule has 21 heavy (non-hydrogen) atoms. The third-order valence-electron chi connectivity index (χ3n) is 3.89. The van der Waals surface area contributed by atoms with E-state index in [1.165, 1.54) is 24.9 Å². The van der Waals surface area contributed by atoms with E-state index in [4.69, 9.17) is 0 Å². The maximum absolute atomic E-state index is 11.8. The molecule has 4 nitrogen and oxygen atoms in total. The SMILES string of the molecule is CCCCNC(=O)CNc1ccccc1N1CCCCC1. The van der Waals surface area contributed by atoms with E-state index < -0.39 is 0 Å². The maximum atomic E-state index is 11.8. The number of benzene rings is 1. The van der Waals surface area contributed by atoms with E-state index in [-0.39, 0.29) is 5.91 Å². The molecule has 0 aliphatic carbocycles. The van der Waals surface area contributed by atoms with Gasteiger partial charge in [-0.3, -0.25) is 4.79 Å². The zero-order chi connectivity index (χ0) is 14.9. The number of carbonyl (C=O) groups is 1. The molecule has 4 heteroatoms. The lowest BCUT2D eigenvalue weighted by molar-refractivity contribution is -0.119. The van der Waals surface area contributed by atoms with Crippen molar-refractivity contribution in [3.8, 4) is 0 Å². The van der Waals surface area contributed by atoms with Gasteiger partial charge in [-0.05, 0) is 37.8 Å². The number of anilines is 2. The summed E-state index contributed by atoms with van der Waals surface area (Å²) in [6, 6.07) is 8.28. The number of nitrogens with zero attached hydrogens (tertiary/aromatic N) is 1. The maximum Gasteiger partial charge on any atom is 0.239 e. The van der Waals surface area contributed by atoms with Crippen LogP contribution < -0.4 is 15.5 Å². The third-order valence-corrected chi connectivity index (χ3v) is 3.89. The van der Waals surface area contributed by atoms with E-state index in [0.717, 1.165) is 38.2 Å². The molecule has 116 valence electrons. The molecule has 1 amide bonds. The minimum absolute atomic E-state index is 0.0666. The molecule has 1 aromatic carbocycles. The molecule has 1 aliphatic rings. The number of hydrogen-bond donors (Lipinski definition) is 2. The van der Waals surface area contributed by atoms with Gasteiger partial charge in [0.1, 0.15) is 0 Å². The van der Waals surface area contributed by atoms with E-state index in [9.17, 15) is 4.79 Å². The molecule has 1 fully saturated rings. The van der Waals surface area contributed by atoms with Crippen molar-refractivity contribution >= 4 is 17.3 Å². The Hall–Kier alpha value is -1.71. The van der Waals surface area contributed by atoms with Gasteiger partial charge < -0.3 is 15.5 Å². The zero-order valence-electron chi connectivity index (χ0n) is 13.0. The van der Waals surface area contributed by atoms with Crippen LogP contribution >= 0.6 is 0 Å². The monoisotopic (exact) mass is 289 g/mol. The molecule has 0 unspecified atom stereocenters. The van der Waals surface area contributed by atoms with E-state index in [1.54, 1.807) is 0 Å². The molecular weight excluding hydrogens is 262 g/mol. The van der Waals surface area contributed by atoms with Gasteiger partial charge in [-0.25, -0.2) is 0 Å². The average molecular weight is 289 g/mol. The molecule has 2 rings (SSSR count). The molecule has 0 spiro atoms. The van der Waals surface area contributed by atoms with Crippen LogP contribution in [-0.4, -0.2) is 32.1 Å². The predicted molar refractivity (Wildman–Crippen MR) is 88.9 cm³/mol. The van der Waals surface area contributed by atoms with Crippen molar-refractivity contribution in [3.05, 3.63) is 24.3 Å². The number of amides is 1. The summed E-state index contributed by atoms with van der Waals surface area (Å²) in [6.07, 6.45) is 5.98. The van der Waals surface area contributed by atoms with Crippen LogP contribution in [0.25, 0.3) is 0 Å². The van der Waals surface area contributed by atoms with E-state index in [1.807, 2.05) is 6.07 Å². The average Bonchev–Trinajstić information content (AvgIpc) is 2.54. The fourth-order valence-corrected chi connectivity index (χ4v) is 2.68. The fraction of sp³-hybridized carbons (Fsp3) is 0.588. The van der Waals surface area contributed by atoms with Crippen LogP contribution in [0.5, 0.6) is 0 Å². The summed E-state index contributed by atoms with van der Waals surface area (Å²) in [5.74, 6) is 0.0666. The zero-order valence-corrected chi connectivity index (χ0v) is 13.0. The van der Waals surface area contributed by atoms with Gasteiger partial charge in [-0.15, -0.1) is 0 Å².